The minimum absolute atomic E-state index is 0.180. The highest BCUT2D eigenvalue weighted by molar-refractivity contribution is 6.28. The van der Waals surface area contributed by atoms with Crippen molar-refractivity contribution < 1.29 is 0 Å². The highest BCUT2D eigenvalue weighted by atomic mass is 14.4. The SMILES string of the molecule is CC1(C)c2c(-c3ccc(-c4c5ccccc5c(-c5ccc6ccc7ccccc7c6c5)c5ccccc45)cc3)cccc2-c2c1c1ccccc1c1ccccc21.CC1(C)c2c(-c3ccc(-c4c5ccccc5c(-c5cccc6c5ccc5cc7ccccc7cc56)c5ccccc45)cc3)cccc2-c2c1c1ccccc1c1ccccc21. The lowest BCUT2D eigenvalue weighted by Crippen LogP contribution is -2.17. The summed E-state index contributed by atoms with van der Waals surface area (Å²) in [6.07, 6.45) is 0. The van der Waals surface area contributed by atoms with Gasteiger partial charge in [0.25, 0.3) is 0 Å². The highest BCUT2D eigenvalue weighted by Gasteiger charge is 2.42. The van der Waals surface area contributed by atoms with E-state index in [1.165, 1.54) is 251 Å². The average molecular weight is 1500 g/mol. The van der Waals surface area contributed by atoms with E-state index in [2.05, 4.69) is 428 Å². The monoisotopic (exact) mass is 1490 g/mol. The number of benzene rings is 23. The molecule has 0 amide bonds. The second-order valence-electron chi connectivity index (χ2n) is 33.8. The van der Waals surface area contributed by atoms with Crippen LogP contribution in [0.4, 0.5) is 0 Å². The zero-order valence-corrected chi connectivity index (χ0v) is 66.1. The molecule has 23 aromatic rings. The summed E-state index contributed by atoms with van der Waals surface area (Å²) >= 11 is 0. The van der Waals surface area contributed by atoms with Crippen LogP contribution in [-0.2, 0) is 10.8 Å². The van der Waals surface area contributed by atoms with E-state index < -0.39 is 0 Å². The molecule has 0 aliphatic heterocycles. The molecule has 0 saturated heterocycles. The predicted octanol–water partition coefficient (Wildman–Crippen LogP) is 33.0. The summed E-state index contributed by atoms with van der Waals surface area (Å²) in [6, 6.07) is 150. The van der Waals surface area contributed by atoms with E-state index in [0.717, 1.165) is 0 Å². The molecule has 0 nitrogen and oxygen atoms in total. The van der Waals surface area contributed by atoms with Gasteiger partial charge in [-0.25, -0.2) is 0 Å². The third-order valence-corrected chi connectivity index (χ3v) is 26.9. The Kier molecular flexibility index (Phi) is 14.9. The molecule has 0 aromatic heterocycles. The van der Waals surface area contributed by atoms with Crippen molar-refractivity contribution in [3.8, 4) is 89.0 Å². The molecule has 0 unspecified atom stereocenters. The Bertz CT molecular complexity index is 8160. The third-order valence-electron chi connectivity index (χ3n) is 26.9. The minimum atomic E-state index is -0.187. The van der Waals surface area contributed by atoms with Gasteiger partial charge in [-0.15, -0.1) is 0 Å². The normalized spacial score (nSPS) is 13.2. The third kappa shape index (κ3) is 9.97. The molecule has 2 aliphatic rings. The number of hydrogen-bond acceptors (Lipinski definition) is 0. The van der Waals surface area contributed by atoms with Crippen LogP contribution in [0.1, 0.15) is 49.9 Å². The summed E-state index contributed by atoms with van der Waals surface area (Å²) in [5.74, 6) is 0. The van der Waals surface area contributed by atoms with Crippen molar-refractivity contribution >= 4 is 140 Å². The molecule has 550 valence electrons. The van der Waals surface area contributed by atoms with Crippen molar-refractivity contribution in [3.63, 3.8) is 0 Å². The first-order chi connectivity index (χ1) is 58.1. The van der Waals surface area contributed by atoms with Gasteiger partial charge in [0, 0.05) is 10.8 Å². The van der Waals surface area contributed by atoms with Crippen LogP contribution in [0.2, 0.25) is 0 Å². The van der Waals surface area contributed by atoms with Crippen LogP contribution in [-0.4, -0.2) is 0 Å². The van der Waals surface area contributed by atoms with Gasteiger partial charge in [-0.05, 0) is 270 Å². The van der Waals surface area contributed by atoms with Crippen LogP contribution in [0.25, 0.3) is 229 Å². The Morgan fingerprint density at radius 1 is 0.127 bits per heavy atom. The fourth-order valence-corrected chi connectivity index (χ4v) is 22.0. The lowest BCUT2D eigenvalue weighted by atomic mass is 9.76. The lowest BCUT2D eigenvalue weighted by Gasteiger charge is -2.26. The summed E-state index contributed by atoms with van der Waals surface area (Å²) in [5, 5.41) is 33.6. The van der Waals surface area contributed by atoms with Gasteiger partial charge in [0.1, 0.15) is 0 Å². The second-order valence-corrected chi connectivity index (χ2v) is 33.8. The van der Waals surface area contributed by atoms with Gasteiger partial charge in [-0.3, -0.25) is 0 Å². The van der Waals surface area contributed by atoms with Crippen LogP contribution in [0.3, 0.4) is 0 Å². The van der Waals surface area contributed by atoms with E-state index in [1.807, 2.05) is 0 Å². The Balaban J connectivity index is 0.000000135. The standard InChI is InChI=1S/C61H40.C57H38/c1-61(2)59-42(25-13-28-54(59)58-48-19-7-5-17-43(48)44-18-6-12-24-53(44)60(58)61)37-29-31-38(32-30-37)56-49-20-8-10-22-51(49)57(52-23-11-9-21-50(52)56)47-27-14-26-45-46(47)34-33-41-35-39-15-3-4-16-40(39)36-55(41)45;1-57(2)55-41(24-13-25-50(55)54-44-18-7-5-16-42(44)43-17-6-12-23-49(43)56(54)57)36-28-31-38(32-29-36)52-45-19-8-10-21-47(45)53(48-22-11-9-20-46(48)52)39-33-30-37-27-26-35-14-3-4-15-40(35)51(37)34-39/h3-36H,1-2H3;3-34H,1-2H3. The predicted molar refractivity (Wildman–Crippen MR) is 508 cm³/mol. The van der Waals surface area contributed by atoms with E-state index in [-0.39, 0.29) is 10.8 Å². The smallest absolute Gasteiger partial charge is 0.0171 e. The Morgan fingerprint density at radius 3 is 0.847 bits per heavy atom. The molecule has 0 heterocycles. The molecule has 0 atom stereocenters. The summed E-state index contributed by atoms with van der Waals surface area (Å²) in [5.41, 5.74) is 26.0. The summed E-state index contributed by atoms with van der Waals surface area (Å²) in [4.78, 5) is 0. The molecule has 0 N–H and O–H groups in total. The van der Waals surface area contributed by atoms with Gasteiger partial charge in [0.2, 0.25) is 0 Å². The van der Waals surface area contributed by atoms with Crippen molar-refractivity contribution in [3.05, 3.63) is 423 Å². The van der Waals surface area contributed by atoms with E-state index >= 15 is 0 Å². The van der Waals surface area contributed by atoms with Crippen LogP contribution < -0.4 is 0 Å². The van der Waals surface area contributed by atoms with Gasteiger partial charge in [0.05, 0.1) is 0 Å². The highest BCUT2D eigenvalue weighted by Crippen LogP contribution is 2.60. The molecule has 2 aliphatic carbocycles. The van der Waals surface area contributed by atoms with E-state index in [4.69, 9.17) is 0 Å². The Hall–Kier alpha value is -14.6. The van der Waals surface area contributed by atoms with E-state index in [1.54, 1.807) is 0 Å². The molecule has 0 heteroatoms. The number of fused-ring (bicyclic) bond motifs is 27. The molecule has 0 bridgehead atoms. The average Bonchev–Trinajstić information content (AvgIpc) is 1.56. The molecule has 25 rings (SSSR count). The van der Waals surface area contributed by atoms with Crippen LogP contribution in [0.5, 0.6) is 0 Å². The van der Waals surface area contributed by atoms with Crippen molar-refractivity contribution in [1.29, 1.82) is 0 Å². The Labute approximate surface area is 685 Å². The van der Waals surface area contributed by atoms with Crippen LogP contribution >= 0.6 is 0 Å². The minimum Gasteiger partial charge on any atom is -0.0616 e. The zero-order valence-electron chi connectivity index (χ0n) is 66.1. The van der Waals surface area contributed by atoms with Crippen molar-refractivity contribution in [1.82, 2.24) is 0 Å². The second kappa shape index (κ2) is 26.0. The molecule has 23 aromatic carbocycles. The van der Waals surface area contributed by atoms with Gasteiger partial charge < -0.3 is 0 Å². The quantitative estimate of drug-likeness (QED) is 0.115. The maximum atomic E-state index is 2.43. The first-order valence-electron chi connectivity index (χ1n) is 41.6. The molecule has 118 heavy (non-hydrogen) atoms. The van der Waals surface area contributed by atoms with E-state index in [9.17, 15) is 0 Å². The van der Waals surface area contributed by atoms with Crippen molar-refractivity contribution in [2.75, 3.05) is 0 Å². The summed E-state index contributed by atoms with van der Waals surface area (Å²) < 4.78 is 0. The fraction of sp³-hybridized carbons (Fsp3) is 0.0508. The van der Waals surface area contributed by atoms with Gasteiger partial charge >= 0.3 is 0 Å². The molecular formula is C118H78. The number of hydrogen-bond donors (Lipinski definition) is 0. The lowest BCUT2D eigenvalue weighted by molar-refractivity contribution is 0.668. The van der Waals surface area contributed by atoms with Crippen LogP contribution in [0, 0.1) is 0 Å². The maximum absolute atomic E-state index is 2.43. The molecule has 0 radical (unpaired) electrons. The van der Waals surface area contributed by atoms with Gasteiger partial charge in [-0.1, -0.05) is 410 Å². The summed E-state index contributed by atoms with van der Waals surface area (Å²) in [6.45, 7) is 9.71. The van der Waals surface area contributed by atoms with Gasteiger partial charge in [0.15, 0.2) is 0 Å². The topological polar surface area (TPSA) is 0 Å². The zero-order chi connectivity index (χ0) is 78.2. The molecule has 0 spiro atoms. The fourth-order valence-electron chi connectivity index (χ4n) is 22.0. The van der Waals surface area contributed by atoms with Crippen molar-refractivity contribution in [2.45, 2.75) is 38.5 Å². The number of rotatable bonds is 6. The molecule has 0 saturated carbocycles. The van der Waals surface area contributed by atoms with Crippen LogP contribution in [0.15, 0.2) is 400 Å². The van der Waals surface area contributed by atoms with Crippen molar-refractivity contribution in [2.24, 2.45) is 0 Å². The summed E-state index contributed by atoms with van der Waals surface area (Å²) in [7, 11) is 0. The maximum Gasteiger partial charge on any atom is 0.0171 e. The first kappa shape index (κ1) is 67.9. The molecular weight excluding hydrogens is 1420 g/mol. The van der Waals surface area contributed by atoms with E-state index in [0.29, 0.717) is 0 Å². The molecule has 0 fully saturated rings. The van der Waals surface area contributed by atoms with Gasteiger partial charge in [-0.2, -0.15) is 0 Å². The first-order valence-corrected chi connectivity index (χ1v) is 41.6. The Morgan fingerprint density at radius 2 is 0.398 bits per heavy atom. The largest absolute Gasteiger partial charge is 0.0616 e.